The maximum absolute atomic E-state index is 13.4. The van der Waals surface area contributed by atoms with Gasteiger partial charge in [0, 0.05) is 12.2 Å². The Morgan fingerprint density at radius 1 is 1.03 bits per heavy atom. The van der Waals surface area contributed by atoms with E-state index >= 15 is 0 Å². The minimum absolute atomic E-state index is 0.0161. The van der Waals surface area contributed by atoms with Crippen LogP contribution in [0.25, 0.3) is 10.9 Å². The largest absolute Gasteiger partial charge is 0.489 e. The molecule has 0 unspecified atom stereocenters. The van der Waals surface area contributed by atoms with Crippen molar-refractivity contribution >= 4 is 34.0 Å². The van der Waals surface area contributed by atoms with E-state index in [1.165, 1.54) is 18.5 Å². The molecule has 3 aromatic carbocycles. The van der Waals surface area contributed by atoms with Gasteiger partial charge in [0.2, 0.25) is 0 Å². The van der Waals surface area contributed by atoms with Gasteiger partial charge in [-0.05, 0) is 69.0 Å². The van der Waals surface area contributed by atoms with E-state index in [9.17, 15) is 4.39 Å². The number of rotatable bonds is 9. The van der Waals surface area contributed by atoms with E-state index in [1.807, 2.05) is 45.3 Å². The Labute approximate surface area is 203 Å². The van der Waals surface area contributed by atoms with Gasteiger partial charge in [0.25, 0.3) is 0 Å². The Hall–Kier alpha value is -3.42. The van der Waals surface area contributed by atoms with Crippen LogP contribution in [0, 0.1) is 5.82 Å². The predicted octanol–water partition coefficient (Wildman–Crippen LogP) is 6.07. The van der Waals surface area contributed by atoms with E-state index in [0.717, 1.165) is 28.7 Å². The van der Waals surface area contributed by atoms with Gasteiger partial charge in [0.05, 0.1) is 15.9 Å². The number of halogens is 2. The van der Waals surface area contributed by atoms with Crippen LogP contribution >= 0.6 is 11.6 Å². The summed E-state index contributed by atoms with van der Waals surface area (Å²) in [6.07, 6.45) is 1.49. The molecule has 0 aliphatic heterocycles. The highest BCUT2D eigenvalue weighted by Crippen LogP contribution is 2.34. The number of ether oxygens (including phenoxy) is 2. The molecule has 0 saturated heterocycles. The van der Waals surface area contributed by atoms with Crippen LogP contribution in [0.3, 0.4) is 0 Å². The normalized spacial score (nSPS) is 12.1. The average Bonchev–Trinajstić information content (AvgIpc) is 2.78. The Bertz CT molecular complexity index is 1280. The molecule has 8 heteroatoms. The zero-order valence-electron chi connectivity index (χ0n) is 19.3. The minimum atomic E-state index is -0.303. The molecule has 0 amide bonds. The van der Waals surface area contributed by atoms with E-state index in [0.29, 0.717) is 22.3 Å². The lowest BCUT2D eigenvalue weighted by molar-refractivity contribution is 0.179. The molecule has 0 fully saturated rings. The number of benzene rings is 3. The van der Waals surface area contributed by atoms with Crippen molar-refractivity contribution in [1.82, 2.24) is 14.9 Å². The second kappa shape index (κ2) is 10.7. The van der Waals surface area contributed by atoms with Crippen molar-refractivity contribution in [3.05, 3.63) is 83.4 Å². The zero-order valence-corrected chi connectivity index (χ0v) is 20.0. The summed E-state index contributed by atoms with van der Waals surface area (Å²) in [5.74, 6) is 1.52. The van der Waals surface area contributed by atoms with Crippen molar-refractivity contribution in [2.45, 2.75) is 19.6 Å². The molecular formula is C26H26ClFN4O2. The van der Waals surface area contributed by atoms with E-state index < -0.39 is 0 Å². The fourth-order valence-corrected chi connectivity index (χ4v) is 3.90. The quantitative estimate of drug-likeness (QED) is 0.313. The second-order valence-corrected chi connectivity index (χ2v) is 8.66. The first-order valence-corrected chi connectivity index (χ1v) is 11.3. The minimum Gasteiger partial charge on any atom is -0.489 e. The SMILES string of the molecule is C[C@@H](CN(C)C)Oc1cccc2ncnc(Nc3ccc(OCc4cccc(F)c4)c(Cl)c3)c12. The van der Waals surface area contributed by atoms with Crippen molar-refractivity contribution in [2.75, 3.05) is 26.0 Å². The first kappa shape index (κ1) is 23.7. The molecule has 1 atom stereocenters. The standard InChI is InChI=1S/C26H26ClFN4O2/c1-17(14-32(2)3)34-24-9-5-8-22-25(24)26(30-16-29-22)31-20-10-11-23(21(27)13-20)33-15-18-6-4-7-19(28)12-18/h4-13,16-17H,14-15H2,1-3H3,(H,29,30,31)/t17-/m0/s1. The predicted molar refractivity (Wildman–Crippen MR) is 134 cm³/mol. The Balaban J connectivity index is 1.54. The number of nitrogens with one attached hydrogen (secondary N) is 1. The number of hydrogen-bond donors (Lipinski definition) is 1. The number of likely N-dealkylation sites (N-methyl/N-ethyl adjacent to an activating group) is 1. The summed E-state index contributed by atoms with van der Waals surface area (Å²) in [4.78, 5) is 10.9. The fourth-order valence-electron chi connectivity index (χ4n) is 3.66. The van der Waals surface area contributed by atoms with Gasteiger partial charge in [0.1, 0.15) is 42.2 Å². The third-order valence-electron chi connectivity index (χ3n) is 5.05. The monoisotopic (exact) mass is 480 g/mol. The second-order valence-electron chi connectivity index (χ2n) is 8.25. The summed E-state index contributed by atoms with van der Waals surface area (Å²) < 4.78 is 25.4. The molecule has 0 aliphatic rings. The first-order valence-electron chi connectivity index (χ1n) is 10.9. The van der Waals surface area contributed by atoms with Gasteiger partial charge >= 0.3 is 0 Å². The maximum atomic E-state index is 13.4. The summed E-state index contributed by atoms with van der Waals surface area (Å²) in [6, 6.07) is 17.4. The first-order chi connectivity index (χ1) is 16.4. The molecule has 0 aliphatic carbocycles. The van der Waals surface area contributed by atoms with E-state index in [1.54, 1.807) is 24.3 Å². The lowest BCUT2D eigenvalue weighted by atomic mass is 10.2. The molecule has 0 radical (unpaired) electrons. The molecule has 0 saturated carbocycles. The fraction of sp³-hybridized carbons (Fsp3) is 0.231. The summed E-state index contributed by atoms with van der Waals surface area (Å²) >= 11 is 6.46. The van der Waals surface area contributed by atoms with Crippen LogP contribution in [-0.2, 0) is 6.61 Å². The zero-order chi connectivity index (χ0) is 24.1. The van der Waals surface area contributed by atoms with E-state index in [2.05, 4.69) is 20.2 Å². The van der Waals surface area contributed by atoms with Crippen molar-refractivity contribution in [3.8, 4) is 11.5 Å². The van der Waals surface area contributed by atoms with Crippen LogP contribution < -0.4 is 14.8 Å². The highest BCUT2D eigenvalue weighted by molar-refractivity contribution is 6.32. The number of hydrogen-bond acceptors (Lipinski definition) is 6. The number of anilines is 2. The van der Waals surface area contributed by atoms with Crippen LogP contribution in [-0.4, -0.2) is 41.6 Å². The molecule has 6 nitrogen and oxygen atoms in total. The number of aromatic nitrogens is 2. The molecule has 1 aromatic heterocycles. The molecular weight excluding hydrogens is 455 g/mol. The Morgan fingerprint density at radius 3 is 2.62 bits per heavy atom. The summed E-state index contributed by atoms with van der Waals surface area (Å²) in [7, 11) is 4.02. The molecule has 1 N–H and O–H groups in total. The third-order valence-corrected chi connectivity index (χ3v) is 5.35. The summed E-state index contributed by atoms with van der Waals surface area (Å²) in [5.41, 5.74) is 2.23. The highest BCUT2D eigenvalue weighted by Gasteiger charge is 2.14. The van der Waals surface area contributed by atoms with Gasteiger partial charge in [-0.2, -0.15) is 0 Å². The maximum Gasteiger partial charge on any atom is 0.145 e. The van der Waals surface area contributed by atoms with Gasteiger partial charge in [-0.1, -0.05) is 29.8 Å². The molecule has 34 heavy (non-hydrogen) atoms. The lowest BCUT2D eigenvalue weighted by Crippen LogP contribution is -2.28. The molecule has 4 rings (SSSR count). The average molecular weight is 481 g/mol. The highest BCUT2D eigenvalue weighted by atomic mass is 35.5. The molecule has 4 aromatic rings. The van der Waals surface area contributed by atoms with Crippen molar-refractivity contribution in [2.24, 2.45) is 0 Å². The van der Waals surface area contributed by atoms with Crippen molar-refractivity contribution in [1.29, 1.82) is 0 Å². The summed E-state index contributed by atoms with van der Waals surface area (Å²) in [6.45, 7) is 3.02. The van der Waals surface area contributed by atoms with Crippen LogP contribution in [0.1, 0.15) is 12.5 Å². The van der Waals surface area contributed by atoms with Gasteiger partial charge < -0.3 is 19.7 Å². The van der Waals surface area contributed by atoms with Crippen LogP contribution in [0.15, 0.2) is 67.0 Å². The van der Waals surface area contributed by atoms with Crippen LogP contribution in [0.4, 0.5) is 15.9 Å². The van der Waals surface area contributed by atoms with Crippen molar-refractivity contribution in [3.63, 3.8) is 0 Å². The Morgan fingerprint density at radius 2 is 1.85 bits per heavy atom. The number of fused-ring (bicyclic) bond motifs is 1. The number of nitrogens with zero attached hydrogens (tertiary/aromatic N) is 3. The topological polar surface area (TPSA) is 59.5 Å². The Kier molecular flexibility index (Phi) is 7.45. The molecule has 176 valence electrons. The van der Waals surface area contributed by atoms with Gasteiger partial charge in [-0.15, -0.1) is 0 Å². The molecule has 0 bridgehead atoms. The van der Waals surface area contributed by atoms with E-state index in [-0.39, 0.29) is 18.5 Å². The lowest BCUT2D eigenvalue weighted by Gasteiger charge is -2.20. The van der Waals surface area contributed by atoms with Gasteiger partial charge in [-0.3, -0.25) is 0 Å². The van der Waals surface area contributed by atoms with E-state index in [4.69, 9.17) is 21.1 Å². The summed E-state index contributed by atoms with van der Waals surface area (Å²) in [5, 5.41) is 4.54. The van der Waals surface area contributed by atoms with Crippen LogP contribution in [0.2, 0.25) is 5.02 Å². The van der Waals surface area contributed by atoms with Gasteiger partial charge in [0.15, 0.2) is 0 Å². The van der Waals surface area contributed by atoms with Gasteiger partial charge in [-0.25, -0.2) is 14.4 Å². The van der Waals surface area contributed by atoms with Crippen LogP contribution in [0.5, 0.6) is 11.5 Å². The third kappa shape index (κ3) is 5.92. The molecule has 1 heterocycles. The van der Waals surface area contributed by atoms with Crippen molar-refractivity contribution < 1.29 is 13.9 Å². The molecule has 0 spiro atoms. The smallest absolute Gasteiger partial charge is 0.145 e.